The van der Waals surface area contributed by atoms with Crippen molar-refractivity contribution in [1.29, 1.82) is 0 Å². The lowest BCUT2D eigenvalue weighted by Gasteiger charge is -2.38. The molecule has 1 saturated heterocycles. The summed E-state index contributed by atoms with van der Waals surface area (Å²) in [4.78, 5) is 29.3. The first kappa shape index (κ1) is 19.9. The second-order valence-corrected chi connectivity index (χ2v) is 7.95. The van der Waals surface area contributed by atoms with E-state index in [1.807, 2.05) is 18.2 Å². The number of amides is 1. The van der Waals surface area contributed by atoms with Gasteiger partial charge in [0.2, 0.25) is 0 Å². The van der Waals surface area contributed by atoms with Crippen molar-refractivity contribution in [3.8, 4) is 0 Å². The monoisotopic (exact) mass is 416 g/mol. The molecule has 7 nitrogen and oxygen atoms in total. The van der Waals surface area contributed by atoms with Crippen molar-refractivity contribution in [1.82, 2.24) is 20.0 Å². The van der Waals surface area contributed by atoms with Gasteiger partial charge in [-0.25, -0.2) is 4.79 Å². The third-order valence-electron chi connectivity index (χ3n) is 5.50. The highest BCUT2D eigenvalue weighted by Gasteiger charge is 2.34. The Morgan fingerprint density at radius 2 is 1.90 bits per heavy atom. The highest BCUT2D eigenvalue weighted by molar-refractivity contribution is 6.30. The smallest absolute Gasteiger partial charge is 0.328 e. The van der Waals surface area contributed by atoms with Gasteiger partial charge in [0.25, 0.3) is 5.91 Å². The minimum Gasteiger partial charge on any atom is -0.465 e. The van der Waals surface area contributed by atoms with Crippen molar-refractivity contribution in [2.24, 2.45) is 0 Å². The second kappa shape index (κ2) is 8.55. The van der Waals surface area contributed by atoms with Gasteiger partial charge >= 0.3 is 5.97 Å². The van der Waals surface area contributed by atoms with Gasteiger partial charge in [0.1, 0.15) is 11.7 Å². The summed E-state index contributed by atoms with van der Waals surface area (Å²) in [6, 6.07) is 8.63. The number of H-pyrrole nitrogens is 1. The minimum absolute atomic E-state index is 0.0630. The average molecular weight is 417 g/mol. The van der Waals surface area contributed by atoms with E-state index >= 15 is 0 Å². The third kappa shape index (κ3) is 4.46. The van der Waals surface area contributed by atoms with Crippen LogP contribution in [0.2, 0.25) is 5.02 Å². The van der Waals surface area contributed by atoms with Gasteiger partial charge in [0, 0.05) is 42.8 Å². The molecule has 2 aromatic rings. The molecule has 1 aliphatic heterocycles. The number of aromatic amines is 1. The molecule has 0 radical (unpaired) electrons. The van der Waals surface area contributed by atoms with E-state index in [4.69, 9.17) is 16.3 Å². The van der Waals surface area contributed by atoms with Crippen LogP contribution < -0.4 is 0 Å². The van der Waals surface area contributed by atoms with Gasteiger partial charge in [-0.15, -0.1) is 0 Å². The molecule has 0 spiro atoms. The Labute approximate surface area is 175 Å². The maximum atomic E-state index is 12.8. The Hall–Kier alpha value is -2.38. The topological polar surface area (TPSA) is 78.5 Å². The number of esters is 1. The van der Waals surface area contributed by atoms with Gasteiger partial charge in [0.05, 0.1) is 6.61 Å². The lowest BCUT2D eigenvalue weighted by molar-refractivity contribution is -0.150. The summed E-state index contributed by atoms with van der Waals surface area (Å²) in [5, 5.41) is 7.81. The lowest BCUT2D eigenvalue weighted by atomic mass is 10.0. The van der Waals surface area contributed by atoms with Crippen molar-refractivity contribution >= 4 is 23.5 Å². The Morgan fingerprint density at radius 3 is 2.52 bits per heavy atom. The number of carbonyl (C=O) groups is 2. The molecule has 1 aromatic heterocycles. The van der Waals surface area contributed by atoms with Crippen LogP contribution in [0.25, 0.3) is 0 Å². The molecule has 2 aliphatic rings. The standard InChI is InChI=1S/C21H25ClN4O3/c1-2-29-21(28)19(15-5-7-16(22)8-6-15)25-9-11-26(12-10-25)20(27)18-13-17(23-24-18)14-3-4-14/h5-8,13-14,19H,2-4,9-12H2,1H3,(H,23,24)/t19-/m0/s1. The van der Waals surface area contributed by atoms with Crippen LogP contribution in [-0.2, 0) is 9.53 Å². The van der Waals surface area contributed by atoms with E-state index in [0.29, 0.717) is 49.4 Å². The fourth-order valence-electron chi connectivity index (χ4n) is 3.76. The largest absolute Gasteiger partial charge is 0.465 e. The van der Waals surface area contributed by atoms with Crippen molar-refractivity contribution in [2.75, 3.05) is 32.8 Å². The predicted molar refractivity (Wildman–Crippen MR) is 109 cm³/mol. The van der Waals surface area contributed by atoms with Crippen molar-refractivity contribution < 1.29 is 14.3 Å². The summed E-state index contributed by atoms with van der Waals surface area (Å²) in [7, 11) is 0. The van der Waals surface area contributed by atoms with Crippen LogP contribution in [0, 0.1) is 0 Å². The van der Waals surface area contributed by atoms with E-state index < -0.39 is 6.04 Å². The average Bonchev–Trinajstić information content (AvgIpc) is 3.46. The molecule has 1 aliphatic carbocycles. The van der Waals surface area contributed by atoms with Crippen molar-refractivity contribution in [3.05, 3.63) is 52.3 Å². The molecule has 1 saturated carbocycles. The van der Waals surface area contributed by atoms with Gasteiger partial charge in [-0.1, -0.05) is 23.7 Å². The Bertz CT molecular complexity index is 870. The van der Waals surface area contributed by atoms with Gasteiger partial charge < -0.3 is 9.64 Å². The zero-order chi connectivity index (χ0) is 20.4. The van der Waals surface area contributed by atoms with E-state index in [9.17, 15) is 9.59 Å². The molecule has 29 heavy (non-hydrogen) atoms. The summed E-state index contributed by atoms with van der Waals surface area (Å²) in [6.45, 7) is 4.36. The van der Waals surface area contributed by atoms with Crippen LogP contribution in [0.4, 0.5) is 0 Å². The van der Waals surface area contributed by atoms with E-state index in [1.54, 1.807) is 24.0 Å². The minimum atomic E-state index is -0.503. The fraction of sp³-hybridized carbons (Fsp3) is 0.476. The molecule has 2 heterocycles. The number of halogens is 1. The molecule has 1 N–H and O–H groups in total. The normalized spacial score (nSPS) is 18.5. The highest BCUT2D eigenvalue weighted by Crippen LogP contribution is 2.39. The summed E-state index contributed by atoms with van der Waals surface area (Å²) >= 11 is 6.00. The summed E-state index contributed by atoms with van der Waals surface area (Å²) in [6.07, 6.45) is 2.32. The van der Waals surface area contributed by atoms with Crippen molar-refractivity contribution in [2.45, 2.75) is 31.7 Å². The zero-order valence-corrected chi connectivity index (χ0v) is 17.2. The highest BCUT2D eigenvalue weighted by atomic mass is 35.5. The third-order valence-corrected chi connectivity index (χ3v) is 5.75. The van der Waals surface area contributed by atoms with Crippen molar-refractivity contribution in [3.63, 3.8) is 0 Å². The summed E-state index contributed by atoms with van der Waals surface area (Å²) in [5.41, 5.74) is 2.37. The van der Waals surface area contributed by atoms with E-state index in [0.717, 1.165) is 24.1 Å². The Morgan fingerprint density at radius 1 is 1.21 bits per heavy atom. The molecule has 0 bridgehead atoms. The first-order valence-corrected chi connectivity index (χ1v) is 10.5. The van der Waals surface area contributed by atoms with E-state index in [1.165, 1.54) is 0 Å². The maximum absolute atomic E-state index is 12.8. The van der Waals surface area contributed by atoms with Gasteiger partial charge in [-0.05, 0) is 43.5 Å². The van der Waals surface area contributed by atoms with Gasteiger partial charge in [0.15, 0.2) is 0 Å². The fourth-order valence-corrected chi connectivity index (χ4v) is 3.88. The molecule has 1 amide bonds. The molecule has 154 valence electrons. The summed E-state index contributed by atoms with van der Waals surface area (Å²) in [5.74, 6) is 0.188. The molecule has 1 aromatic carbocycles. The Kier molecular flexibility index (Phi) is 5.87. The van der Waals surface area contributed by atoms with Crippen LogP contribution in [-0.4, -0.2) is 64.7 Å². The quantitative estimate of drug-likeness (QED) is 0.732. The van der Waals surface area contributed by atoms with Crippen LogP contribution >= 0.6 is 11.6 Å². The number of nitrogens with zero attached hydrogens (tertiary/aromatic N) is 3. The summed E-state index contributed by atoms with van der Waals surface area (Å²) < 4.78 is 5.31. The predicted octanol–water partition coefficient (Wildman–Crippen LogP) is 3.00. The van der Waals surface area contributed by atoms with Crippen LogP contribution in [0.1, 0.15) is 53.5 Å². The molecule has 4 rings (SSSR count). The SMILES string of the molecule is CCOC(=O)[C@H](c1ccc(Cl)cc1)N1CCN(C(=O)c2cc(C3CC3)[nH]n2)CC1. The number of hydrogen-bond acceptors (Lipinski definition) is 5. The van der Waals surface area contributed by atoms with Gasteiger partial charge in [-0.3, -0.25) is 14.8 Å². The van der Waals surface area contributed by atoms with Gasteiger partial charge in [-0.2, -0.15) is 5.10 Å². The molecular weight excluding hydrogens is 392 g/mol. The second-order valence-electron chi connectivity index (χ2n) is 7.52. The van der Waals surface area contributed by atoms with Crippen LogP contribution in [0.15, 0.2) is 30.3 Å². The zero-order valence-electron chi connectivity index (χ0n) is 16.4. The Balaban J connectivity index is 1.43. The number of nitrogens with one attached hydrogen (secondary N) is 1. The maximum Gasteiger partial charge on any atom is 0.328 e. The van der Waals surface area contributed by atoms with E-state index in [-0.39, 0.29) is 11.9 Å². The number of benzene rings is 1. The van der Waals surface area contributed by atoms with E-state index in [2.05, 4.69) is 15.1 Å². The van der Waals surface area contributed by atoms with Crippen LogP contribution in [0.3, 0.4) is 0 Å². The number of rotatable bonds is 6. The number of carbonyl (C=O) groups excluding carboxylic acids is 2. The number of ether oxygens (including phenoxy) is 1. The molecular formula is C21H25ClN4O3. The first-order chi connectivity index (χ1) is 14.1. The number of hydrogen-bond donors (Lipinski definition) is 1. The number of aromatic nitrogens is 2. The molecule has 0 unspecified atom stereocenters. The number of piperazine rings is 1. The molecule has 1 atom stereocenters. The van der Waals surface area contributed by atoms with Crippen LogP contribution in [0.5, 0.6) is 0 Å². The molecule has 2 fully saturated rings. The molecule has 8 heteroatoms. The first-order valence-electron chi connectivity index (χ1n) is 10.1. The lowest BCUT2D eigenvalue weighted by Crippen LogP contribution is -2.51.